The lowest BCUT2D eigenvalue weighted by Gasteiger charge is -2.22. The summed E-state index contributed by atoms with van der Waals surface area (Å²) in [5.41, 5.74) is 3.11. The Morgan fingerprint density at radius 3 is 2.22 bits per heavy atom. The summed E-state index contributed by atoms with van der Waals surface area (Å²) in [6.45, 7) is 7.06. The van der Waals surface area contributed by atoms with E-state index >= 15 is 0 Å². The van der Waals surface area contributed by atoms with Crippen LogP contribution in [0.5, 0.6) is 0 Å². The lowest BCUT2D eigenvalue weighted by Crippen LogP contribution is -2.42. The Morgan fingerprint density at radius 1 is 1.04 bits per heavy atom. The third kappa shape index (κ3) is 3.43. The van der Waals surface area contributed by atoms with Gasteiger partial charge in [0.05, 0.1) is 0 Å². The fraction of sp³-hybridized carbons (Fsp3) is 0.286. The van der Waals surface area contributed by atoms with Gasteiger partial charge in [0.25, 0.3) is 5.91 Å². The van der Waals surface area contributed by atoms with Crippen LogP contribution in [0.15, 0.2) is 42.5 Å². The molecule has 1 aliphatic rings. The van der Waals surface area contributed by atoms with E-state index in [-0.39, 0.29) is 6.54 Å². The van der Waals surface area contributed by atoms with E-state index in [0.29, 0.717) is 11.3 Å². The number of nitrogens with one attached hydrogen (secondary N) is 2. The highest BCUT2D eigenvalue weighted by atomic mass is 16.2. The number of hydrogen-bond acceptors (Lipinski definition) is 3. The van der Waals surface area contributed by atoms with E-state index in [1.54, 1.807) is 6.92 Å². The maximum atomic E-state index is 12.9. The van der Waals surface area contributed by atoms with Crippen LogP contribution in [-0.4, -0.2) is 29.3 Å². The Balaban J connectivity index is 1.77. The van der Waals surface area contributed by atoms with Gasteiger partial charge in [0.15, 0.2) is 0 Å². The molecule has 1 atom stereocenters. The number of aryl methyl sites for hydroxylation is 3. The summed E-state index contributed by atoms with van der Waals surface area (Å²) in [5, 5.41) is 5.52. The second-order valence-electron chi connectivity index (χ2n) is 7.13. The van der Waals surface area contributed by atoms with E-state index < -0.39 is 23.4 Å². The lowest BCUT2D eigenvalue weighted by atomic mass is 9.91. The van der Waals surface area contributed by atoms with Crippen LogP contribution in [0, 0.1) is 20.8 Å². The van der Waals surface area contributed by atoms with E-state index in [1.165, 1.54) is 0 Å². The first-order chi connectivity index (χ1) is 12.7. The van der Waals surface area contributed by atoms with Crippen molar-refractivity contribution in [3.05, 3.63) is 64.7 Å². The summed E-state index contributed by atoms with van der Waals surface area (Å²) >= 11 is 0. The molecule has 1 aliphatic heterocycles. The Labute approximate surface area is 158 Å². The molecular formula is C21H23N3O3. The van der Waals surface area contributed by atoms with Crippen molar-refractivity contribution in [2.45, 2.75) is 33.2 Å². The molecule has 6 nitrogen and oxygen atoms in total. The topological polar surface area (TPSA) is 78.5 Å². The number of nitrogens with zero attached hydrogens (tertiary/aromatic N) is 1. The van der Waals surface area contributed by atoms with Crippen molar-refractivity contribution in [1.29, 1.82) is 0 Å². The van der Waals surface area contributed by atoms with Gasteiger partial charge in [-0.1, -0.05) is 48.0 Å². The maximum absolute atomic E-state index is 12.9. The van der Waals surface area contributed by atoms with Crippen molar-refractivity contribution in [3.63, 3.8) is 0 Å². The molecule has 0 aliphatic carbocycles. The molecule has 140 valence electrons. The molecule has 4 amide bonds. The highest BCUT2D eigenvalue weighted by molar-refractivity contribution is 6.10. The standard InChI is InChI=1S/C21H23N3O3/c1-13-8-10-16(11-9-13)21(4)19(26)24(20(27)23-21)12-17(25)22-18-14(2)6-5-7-15(18)3/h5-11H,12H2,1-4H3,(H,22,25)(H,23,27). The molecule has 2 aromatic rings. The minimum absolute atomic E-state index is 0.333. The molecule has 3 rings (SSSR count). The average Bonchev–Trinajstić information content (AvgIpc) is 2.83. The Hall–Kier alpha value is -3.15. The quantitative estimate of drug-likeness (QED) is 0.818. The molecule has 1 saturated heterocycles. The summed E-state index contributed by atoms with van der Waals surface area (Å²) < 4.78 is 0. The second-order valence-corrected chi connectivity index (χ2v) is 7.13. The molecule has 0 spiro atoms. The molecule has 2 N–H and O–H groups in total. The van der Waals surface area contributed by atoms with E-state index in [1.807, 2.05) is 63.2 Å². The molecule has 0 radical (unpaired) electrons. The van der Waals surface area contributed by atoms with Gasteiger partial charge in [-0.3, -0.25) is 14.5 Å². The summed E-state index contributed by atoms with van der Waals surface area (Å²) in [6, 6.07) is 12.5. The van der Waals surface area contributed by atoms with Gasteiger partial charge in [-0.25, -0.2) is 4.79 Å². The van der Waals surface area contributed by atoms with Gasteiger partial charge < -0.3 is 10.6 Å². The molecule has 2 aromatic carbocycles. The number of rotatable bonds is 4. The van der Waals surface area contributed by atoms with Crippen LogP contribution in [0.2, 0.25) is 0 Å². The summed E-state index contributed by atoms with van der Waals surface area (Å²) in [7, 11) is 0. The van der Waals surface area contributed by atoms with E-state index in [9.17, 15) is 14.4 Å². The van der Waals surface area contributed by atoms with Crippen molar-refractivity contribution in [2.75, 3.05) is 11.9 Å². The van der Waals surface area contributed by atoms with Gasteiger partial charge in [0, 0.05) is 5.69 Å². The first-order valence-corrected chi connectivity index (χ1v) is 8.79. The zero-order chi connectivity index (χ0) is 19.8. The Morgan fingerprint density at radius 2 is 1.63 bits per heavy atom. The molecular weight excluding hydrogens is 342 g/mol. The zero-order valence-corrected chi connectivity index (χ0v) is 15.9. The normalized spacial score (nSPS) is 19.2. The van der Waals surface area contributed by atoms with Crippen molar-refractivity contribution < 1.29 is 14.4 Å². The smallest absolute Gasteiger partial charge is 0.324 e. The second kappa shape index (κ2) is 6.87. The first kappa shape index (κ1) is 18.6. The third-order valence-electron chi connectivity index (χ3n) is 4.95. The molecule has 6 heteroatoms. The summed E-state index contributed by atoms with van der Waals surface area (Å²) in [4.78, 5) is 38.7. The number of carbonyl (C=O) groups excluding carboxylic acids is 3. The average molecular weight is 365 g/mol. The van der Waals surface area contributed by atoms with Gasteiger partial charge >= 0.3 is 6.03 Å². The van der Waals surface area contributed by atoms with Crippen molar-refractivity contribution in [1.82, 2.24) is 10.2 Å². The number of carbonyl (C=O) groups is 3. The fourth-order valence-electron chi connectivity index (χ4n) is 3.26. The SMILES string of the molecule is Cc1ccc(C2(C)NC(=O)N(CC(=O)Nc3c(C)cccc3C)C2=O)cc1. The molecule has 1 heterocycles. The van der Waals surface area contributed by atoms with Crippen molar-refractivity contribution in [3.8, 4) is 0 Å². The molecule has 1 unspecified atom stereocenters. The number of amides is 4. The van der Waals surface area contributed by atoms with Crippen LogP contribution >= 0.6 is 0 Å². The van der Waals surface area contributed by atoms with Crippen LogP contribution < -0.4 is 10.6 Å². The van der Waals surface area contributed by atoms with E-state index in [2.05, 4.69) is 10.6 Å². The van der Waals surface area contributed by atoms with Crippen LogP contribution in [-0.2, 0) is 15.1 Å². The summed E-state index contributed by atoms with van der Waals surface area (Å²) in [5.74, 6) is -0.850. The number of anilines is 1. The molecule has 27 heavy (non-hydrogen) atoms. The first-order valence-electron chi connectivity index (χ1n) is 8.79. The lowest BCUT2D eigenvalue weighted by molar-refractivity contribution is -0.133. The van der Waals surface area contributed by atoms with E-state index in [0.717, 1.165) is 21.6 Å². The minimum atomic E-state index is -1.18. The van der Waals surface area contributed by atoms with Gasteiger partial charge in [-0.15, -0.1) is 0 Å². The minimum Gasteiger partial charge on any atom is -0.324 e. The van der Waals surface area contributed by atoms with Crippen molar-refractivity contribution in [2.24, 2.45) is 0 Å². The molecule has 1 fully saturated rings. The number of benzene rings is 2. The van der Waals surface area contributed by atoms with Crippen molar-refractivity contribution >= 4 is 23.5 Å². The van der Waals surface area contributed by atoms with Gasteiger partial charge in [-0.2, -0.15) is 0 Å². The van der Waals surface area contributed by atoms with E-state index in [4.69, 9.17) is 0 Å². The molecule has 0 saturated carbocycles. The monoisotopic (exact) mass is 365 g/mol. The highest BCUT2D eigenvalue weighted by Crippen LogP contribution is 2.29. The van der Waals surface area contributed by atoms with Crippen LogP contribution in [0.1, 0.15) is 29.2 Å². The third-order valence-corrected chi connectivity index (χ3v) is 4.95. The van der Waals surface area contributed by atoms with Crippen LogP contribution in [0.25, 0.3) is 0 Å². The van der Waals surface area contributed by atoms with Gasteiger partial charge in [-0.05, 0) is 44.4 Å². The highest BCUT2D eigenvalue weighted by Gasteiger charge is 2.49. The van der Waals surface area contributed by atoms with Crippen LogP contribution in [0.4, 0.5) is 10.5 Å². The predicted molar refractivity (Wildman–Crippen MR) is 103 cm³/mol. The predicted octanol–water partition coefficient (Wildman–Crippen LogP) is 3.02. The Bertz CT molecular complexity index is 901. The molecule has 0 bridgehead atoms. The number of para-hydroxylation sites is 1. The number of hydrogen-bond donors (Lipinski definition) is 2. The van der Waals surface area contributed by atoms with Gasteiger partial charge in [0.2, 0.25) is 5.91 Å². The fourth-order valence-corrected chi connectivity index (χ4v) is 3.26. The van der Waals surface area contributed by atoms with Crippen LogP contribution in [0.3, 0.4) is 0 Å². The molecule has 0 aromatic heterocycles. The van der Waals surface area contributed by atoms with Gasteiger partial charge in [0.1, 0.15) is 12.1 Å². The number of urea groups is 1. The number of imide groups is 1. The maximum Gasteiger partial charge on any atom is 0.325 e. The largest absolute Gasteiger partial charge is 0.325 e. The summed E-state index contributed by atoms with van der Waals surface area (Å²) in [6.07, 6.45) is 0. The Kier molecular flexibility index (Phi) is 4.74. The zero-order valence-electron chi connectivity index (χ0n) is 15.9.